The molecule has 3 rings (SSSR count). The predicted octanol–water partition coefficient (Wildman–Crippen LogP) is 3.67. The molecule has 0 saturated heterocycles. The highest BCUT2D eigenvalue weighted by Crippen LogP contribution is 2.27. The molecule has 3 N–H and O–H groups in total. The van der Waals surface area contributed by atoms with Crippen molar-refractivity contribution in [3.8, 4) is 5.75 Å². The average Bonchev–Trinajstić information content (AvgIpc) is 2.63. The number of nitrogens with zero attached hydrogens (tertiary/aromatic N) is 2. The molecular formula is C18H16N4O3. The van der Waals surface area contributed by atoms with Crippen LogP contribution in [0.1, 0.15) is 10.4 Å². The Morgan fingerprint density at radius 2 is 1.76 bits per heavy atom. The lowest BCUT2D eigenvalue weighted by atomic mass is 10.2. The molecule has 3 aromatic rings. The minimum atomic E-state index is -0.982. The molecule has 0 unspecified atom stereocenters. The number of anilines is 4. The van der Waals surface area contributed by atoms with Crippen molar-refractivity contribution < 1.29 is 14.6 Å². The Bertz CT molecular complexity index is 899. The van der Waals surface area contributed by atoms with Gasteiger partial charge in [0.2, 0.25) is 0 Å². The number of methoxy groups -OCH3 is 1. The number of carboxylic acid groups (broad SMARTS) is 1. The Labute approximate surface area is 144 Å². The van der Waals surface area contributed by atoms with Crippen LogP contribution in [0.15, 0.2) is 60.9 Å². The molecule has 1 heterocycles. The first-order valence-corrected chi connectivity index (χ1v) is 7.48. The lowest BCUT2D eigenvalue weighted by Gasteiger charge is -2.11. The number of aromatic carboxylic acids is 1. The van der Waals surface area contributed by atoms with Gasteiger partial charge in [0.1, 0.15) is 23.7 Å². The zero-order valence-corrected chi connectivity index (χ0v) is 13.4. The van der Waals surface area contributed by atoms with E-state index in [1.54, 1.807) is 25.3 Å². The number of nitrogens with one attached hydrogen (secondary N) is 2. The summed E-state index contributed by atoms with van der Waals surface area (Å²) in [5, 5.41) is 15.3. The van der Waals surface area contributed by atoms with Crippen LogP contribution < -0.4 is 15.4 Å². The summed E-state index contributed by atoms with van der Waals surface area (Å²) >= 11 is 0. The lowest BCUT2D eigenvalue weighted by Crippen LogP contribution is -2.01. The number of hydrogen-bond acceptors (Lipinski definition) is 6. The molecule has 0 atom stereocenters. The maximum Gasteiger partial charge on any atom is 0.335 e. The van der Waals surface area contributed by atoms with Crippen molar-refractivity contribution in [3.05, 3.63) is 66.5 Å². The first-order valence-electron chi connectivity index (χ1n) is 7.48. The number of ether oxygens (including phenoxy) is 1. The standard InChI is InChI=1S/C18H16N4O3/c1-25-15-8-3-2-7-14(15)22-17-10-16(19-11-20-17)21-13-6-4-5-12(9-13)18(23)24/h2-11H,1H3,(H,23,24)(H2,19,20,21,22). The summed E-state index contributed by atoms with van der Waals surface area (Å²) in [7, 11) is 1.60. The minimum absolute atomic E-state index is 0.200. The van der Waals surface area contributed by atoms with Crippen LogP contribution in [-0.4, -0.2) is 28.2 Å². The third-order valence-corrected chi connectivity index (χ3v) is 3.42. The Morgan fingerprint density at radius 1 is 1.00 bits per heavy atom. The average molecular weight is 336 g/mol. The van der Waals surface area contributed by atoms with Gasteiger partial charge in [-0.1, -0.05) is 18.2 Å². The molecule has 0 bridgehead atoms. The molecule has 0 spiro atoms. The maximum absolute atomic E-state index is 11.0. The number of carboxylic acids is 1. The highest BCUT2D eigenvalue weighted by atomic mass is 16.5. The number of aromatic nitrogens is 2. The normalized spacial score (nSPS) is 10.1. The third-order valence-electron chi connectivity index (χ3n) is 3.42. The molecule has 25 heavy (non-hydrogen) atoms. The van der Waals surface area contributed by atoms with E-state index in [2.05, 4.69) is 20.6 Å². The van der Waals surface area contributed by atoms with Crippen LogP contribution in [0.5, 0.6) is 5.75 Å². The summed E-state index contributed by atoms with van der Waals surface area (Å²) in [5.74, 6) is 0.834. The van der Waals surface area contributed by atoms with Crippen LogP contribution in [-0.2, 0) is 0 Å². The van der Waals surface area contributed by atoms with Gasteiger partial charge < -0.3 is 20.5 Å². The van der Waals surface area contributed by atoms with Crippen molar-refractivity contribution in [1.29, 1.82) is 0 Å². The van der Waals surface area contributed by atoms with Gasteiger partial charge in [0.15, 0.2) is 0 Å². The summed E-state index contributed by atoms with van der Waals surface area (Å²) in [6, 6.07) is 15.7. The number of hydrogen-bond donors (Lipinski definition) is 3. The number of carbonyl (C=O) groups is 1. The Kier molecular flexibility index (Phi) is 4.75. The second-order valence-electron chi connectivity index (χ2n) is 5.12. The fourth-order valence-electron chi connectivity index (χ4n) is 2.26. The van der Waals surface area contributed by atoms with E-state index >= 15 is 0 Å². The molecule has 0 amide bonds. The largest absolute Gasteiger partial charge is 0.495 e. The second kappa shape index (κ2) is 7.31. The molecule has 0 fully saturated rings. The predicted molar refractivity (Wildman–Crippen MR) is 95.0 cm³/mol. The molecule has 0 saturated carbocycles. The molecule has 7 heteroatoms. The lowest BCUT2D eigenvalue weighted by molar-refractivity contribution is 0.0697. The van der Waals surface area contributed by atoms with E-state index in [-0.39, 0.29) is 5.56 Å². The van der Waals surface area contributed by atoms with Gasteiger partial charge in [-0.3, -0.25) is 0 Å². The van der Waals surface area contributed by atoms with Gasteiger partial charge in [-0.15, -0.1) is 0 Å². The summed E-state index contributed by atoms with van der Waals surface area (Å²) in [5.41, 5.74) is 1.61. The number of para-hydroxylation sites is 2. The van der Waals surface area contributed by atoms with Gasteiger partial charge in [-0.25, -0.2) is 14.8 Å². The molecule has 2 aromatic carbocycles. The van der Waals surface area contributed by atoms with Crippen molar-refractivity contribution >= 4 is 29.0 Å². The fourth-order valence-corrected chi connectivity index (χ4v) is 2.26. The Hall–Kier alpha value is -3.61. The van der Waals surface area contributed by atoms with Crippen molar-refractivity contribution in [1.82, 2.24) is 9.97 Å². The van der Waals surface area contributed by atoms with Gasteiger partial charge >= 0.3 is 5.97 Å². The van der Waals surface area contributed by atoms with Crippen molar-refractivity contribution in [3.63, 3.8) is 0 Å². The van der Waals surface area contributed by atoms with Crippen LogP contribution >= 0.6 is 0 Å². The van der Waals surface area contributed by atoms with E-state index in [1.165, 1.54) is 18.5 Å². The van der Waals surface area contributed by atoms with E-state index in [1.807, 2.05) is 24.3 Å². The molecule has 0 aliphatic rings. The van der Waals surface area contributed by atoms with Crippen LogP contribution in [0, 0.1) is 0 Å². The van der Waals surface area contributed by atoms with Gasteiger partial charge in [-0.05, 0) is 30.3 Å². The SMILES string of the molecule is COc1ccccc1Nc1cc(Nc2cccc(C(=O)O)c2)ncn1. The van der Waals surface area contributed by atoms with E-state index in [0.717, 1.165) is 5.69 Å². The molecule has 0 aliphatic heterocycles. The van der Waals surface area contributed by atoms with Crippen LogP contribution in [0.25, 0.3) is 0 Å². The van der Waals surface area contributed by atoms with E-state index in [4.69, 9.17) is 9.84 Å². The topological polar surface area (TPSA) is 96.4 Å². The fraction of sp³-hybridized carbons (Fsp3) is 0.0556. The maximum atomic E-state index is 11.0. The van der Waals surface area contributed by atoms with E-state index < -0.39 is 5.97 Å². The Morgan fingerprint density at radius 3 is 2.52 bits per heavy atom. The Balaban J connectivity index is 1.80. The summed E-state index contributed by atoms with van der Waals surface area (Å²) in [6.07, 6.45) is 1.42. The highest BCUT2D eigenvalue weighted by molar-refractivity contribution is 5.89. The van der Waals surface area contributed by atoms with E-state index in [9.17, 15) is 4.79 Å². The van der Waals surface area contributed by atoms with Crippen molar-refractivity contribution in [2.45, 2.75) is 0 Å². The van der Waals surface area contributed by atoms with Crippen molar-refractivity contribution in [2.75, 3.05) is 17.7 Å². The van der Waals surface area contributed by atoms with Crippen LogP contribution in [0.4, 0.5) is 23.0 Å². The summed E-state index contributed by atoms with van der Waals surface area (Å²) in [4.78, 5) is 19.4. The molecule has 0 radical (unpaired) electrons. The molecule has 1 aromatic heterocycles. The number of benzene rings is 2. The molecule has 126 valence electrons. The zero-order chi connectivity index (χ0) is 17.6. The zero-order valence-electron chi connectivity index (χ0n) is 13.4. The van der Waals surface area contributed by atoms with Crippen molar-refractivity contribution in [2.24, 2.45) is 0 Å². The number of rotatable bonds is 6. The summed E-state index contributed by atoms with van der Waals surface area (Å²) in [6.45, 7) is 0. The first-order chi connectivity index (χ1) is 12.2. The summed E-state index contributed by atoms with van der Waals surface area (Å²) < 4.78 is 5.30. The molecule has 0 aliphatic carbocycles. The highest BCUT2D eigenvalue weighted by Gasteiger charge is 2.06. The van der Waals surface area contributed by atoms with Gasteiger partial charge in [-0.2, -0.15) is 0 Å². The van der Waals surface area contributed by atoms with Gasteiger partial charge in [0.25, 0.3) is 0 Å². The van der Waals surface area contributed by atoms with Gasteiger partial charge in [0, 0.05) is 11.8 Å². The minimum Gasteiger partial charge on any atom is -0.495 e. The molecular weight excluding hydrogens is 320 g/mol. The second-order valence-corrected chi connectivity index (χ2v) is 5.12. The quantitative estimate of drug-likeness (QED) is 0.632. The molecule has 7 nitrogen and oxygen atoms in total. The third kappa shape index (κ3) is 4.03. The smallest absolute Gasteiger partial charge is 0.335 e. The van der Waals surface area contributed by atoms with E-state index in [0.29, 0.717) is 23.1 Å². The van der Waals surface area contributed by atoms with Gasteiger partial charge in [0.05, 0.1) is 18.4 Å². The van der Waals surface area contributed by atoms with Crippen LogP contribution in [0.2, 0.25) is 0 Å². The monoisotopic (exact) mass is 336 g/mol. The first kappa shape index (κ1) is 16.3. The van der Waals surface area contributed by atoms with Crippen LogP contribution in [0.3, 0.4) is 0 Å².